The van der Waals surface area contributed by atoms with Crippen molar-refractivity contribution in [2.75, 3.05) is 13.1 Å². The summed E-state index contributed by atoms with van der Waals surface area (Å²) in [4.78, 5) is 37.6. The van der Waals surface area contributed by atoms with Gasteiger partial charge in [0.25, 0.3) is 5.56 Å². The summed E-state index contributed by atoms with van der Waals surface area (Å²) in [6.07, 6.45) is 6.32. The Morgan fingerprint density at radius 2 is 1.79 bits per heavy atom. The van der Waals surface area contributed by atoms with E-state index >= 15 is 0 Å². The van der Waals surface area contributed by atoms with Crippen LogP contribution in [0.3, 0.4) is 0 Å². The number of rotatable bonds is 5. The molecule has 1 saturated heterocycles. The van der Waals surface area contributed by atoms with Gasteiger partial charge in [0.1, 0.15) is 11.2 Å². The lowest BCUT2D eigenvalue weighted by Gasteiger charge is -2.18. The number of benzene rings is 2. The van der Waals surface area contributed by atoms with E-state index in [0.29, 0.717) is 29.9 Å². The monoisotopic (exact) mass is 504 g/mol. The molecule has 8 heteroatoms. The fourth-order valence-corrected chi connectivity index (χ4v) is 5.60. The predicted octanol–water partition coefficient (Wildman–Crippen LogP) is 4.27. The van der Waals surface area contributed by atoms with Gasteiger partial charge in [-0.15, -0.1) is 0 Å². The SMILES string of the molecule is Cn1ncc2c(=O)n(C[C@@H]3CCN(C(=O)C4CC4)C3)c(-c3ccc(-c4ccc5ncccc5c4)cc3)nc21. The van der Waals surface area contributed by atoms with E-state index in [9.17, 15) is 9.59 Å². The smallest absolute Gasteiger partial charge is 0.264 e. The third-order valence-corrected chi connectivity index (χ3v) is 7.89. The van der Waals surface area contributed by atoms with Crippen molar-refractivity contribution in [3.8, 4) is 22.5 Å². The minimum Gasteiger partial charge on any atom is -0.342 e. The number of hydrogen-bond acceptors (Lipinski definition) is 5. The summed E-state index contributed by atoms with van der Waals surface area (Å²) in [6, 6.07) is 18.5. The van der Waals surface area contributed by atoms with Gasteiger partial charge in [0.2, 0.25) is 5.91 Å². The summed E-state index contributed by atoms with van der Waals surface area (Å²) in [6.45, 7) is 1.99. The van der Waals surface area contributed by atoms with E-state index in [2.05, 4.69) is 40.4 Å². The molecule has 38 heavy (non-hydrogen) atoms. The molecule has 190 valence electrons. The van der Waals surface area contributed by atoms with Gasteiger partial charge >= 0.3 is 0 Å². The number of fused-ring (bicyclic) bond motifs is 2. The van der Waals surface area contributed by atoms with Crippen molar-refractivity contribution in [1.82, 2.24) is 29.2 Å². The topological polar surface area (TPSA) is 85.9 Å². The predicted molar refractivity (Wildman–Crippen MR) is 146 cm³/mol. The van der Waals surface area contributed by atoms with Gasteiger partial charge in [-0.25, -0.2) is 4.98 Å². The maximum absolute atomic E-state index is 13.7. The number of carbonyl (C=O) groups is 1. The molecule has 0 N–H and O–H groups in total. The average Bonchev–Trinajstić information content (AvgIpc) is 3.59. The molecule has 7 rings (SSSR count). The summed E-state index contributed by atoms with van der Waals surface area (Å²) in [5.41, 5.74) is 4.52. The Morgan fingerprint density at radius 3 is 2.61 bits per heavy atom. The second kappa shape index (κ2) is 8.90. The zero-order chi connectivity index (χ0) is 25.8. The first kappa shape index (κ1) is 22.8. The van der Waals surface area contributed by atoms with Gasteiger partial charge in [-0.1, -0.05) is 36.4 Å². The molecule has 2 aliphatic rings. The summed E-state index contributed by atoms with van der Waals surface area (Å²) in [5, 5.41) is 5.90. The molecule has 2 aromatic carbocycles. The average molecular weight is 505 g/mol. The number of nitrogens with zero attached hydrogens (tertiary/aromatic N) is 6. The zero-order valence-electron chi connectivity index (χ0n) is 21.2. The van der Waals surface area contributed by atoms with Crippen LogP contribution < -0.4 is 5.56 Å². The molecule has 0 unspecified atom stereocenters. The van der Waals surface area contributed by atoms with Crippen molar-refractivity contribution >= 4 is 27.8 Å². The van der Waals surface area contributed by atoms with Crippen LogP contribution in [0.15, 0.2) is 71.8 Å². The van der Waals surface area contributed by atoms with Crippen molar-refractivity contribution in [3.05, 3.63) is 77.3 Å². The lowest BCUT2D eigenvalue weighted by molar-refractivity contribution is -0.131. The number of aryl methyl sites for hydroxylation is 1. The van der Waals surface area contributed by atoms with Gasteiger partial charge in [0.15, 0.2) is 5.65 Å². The number of likely N-dealkylation sites (tertiary alicyclic amines) is 1. The number of carbonyl (C=O) groups excluding carboxylic acids is 1. The maximum atomic E-state index is 13.7. The van der Waals surface area contributed by atoms with Gasteiger partial charge < -0.3 is 4.90 Å². The first-order chi connectivity index (χ1) is 18.5. The molecule has 5 aromatic rings. The fourth-order valence-electron chi connectivity index (χ4n) is 5.60. The van der Waals surface area contributed by atoms with Crippen LogP contribution in [0.1, 0.15) is 19.3 Å². The molecule has 0 radical (unpaired) electrons. The summed E-state index contributed by atoms with van der Waals surface area (Å²) >= 11 is 0. The Kier molecular flexibility index (Phi) is 5.35. The van der Waals surface area contributed by atoms with Gasteiger partial charge in [-0.05, 0) is 54.5 Å². The van der Waals surface area contributed by atoms with E-state index in [4.69, 9.17) is 4.98 Å². The number of hydrogen-bond donors (Lipinski definition) is 0. The molecule has 1 aliphatic heterocycles. The van der Waals surface area contributed by atoms with E-state index in [1.165, 1.54) is 0 Å². The highest BCUT2D eigenvalue weighted by Crippen LogP contribution is 2.33. The molecular formula is C30H28N6O2. The van der Waals surface area contributed by atoms with Crippen LogP contribution in [0.4, 0.5) is 0 Å². The Bertz CT molecular complexity index is 1750. The van der Waals surface area contributed by atoms with Crippen LogP contribution in [0, 0.1) is 11.8 Å². The van der Waals surface area contributed by atoms with Crippen molar-refractivity contribution in [2.24, 2.45) is 18.9 Å². The molecule has 1 atom stereocenters. The highest BCUT2D eigenvalue weighted by atomic mass is 16.2. The highest BCUT2D eigenvalue weighted by Gasteiger charge is 2.37. The van der Waals surface area contributed by atoms with Gasteiger partial charge in [0, 0.05) is 49.7 Å². The lowest BCUT2D eigenvalue weighted by atomic mass is 10.0. The molecule has 1 aliphatic carbocycles. The van der Waals surface area contributed by atoms with Crippen LogP contribution in [-0.2, 0) is 18.4 Å². The second-order valence-electron chi connectivity index (χ2n) is 10.6. The largest absolute Gasteiger partial charge is 0.342 e. The zero-order valence-corrected chi connectivity index (χ0v) is 21.2. The van der Waals surface area contributed by atoms with Crippen molar-refractivity contribution < 1.29 is 4.79 Å². The van der Waals surface area contributed by atoms with Gasteiger partial charge in [-0.2, -0.15) is 5.10 Å². The van der Waals surface area contributed by atoms with Crippen molar-refractivity contribution in [1.29, 1.82) is 0 Å². The van der Waals surface area contributed by atoms with E-state index in [1.807, 2.05) is 29.2 Å². The van der Waals surface area contributed by atoms with Crippen LogP contribution in [0.2, 0.25) is 0 Å². The molecule has 1 saturated carbocycles. The van der Waals surface area contributed by atoms with Gasteiger partial charge in [-0.3, -0.25) is 23.8 Å². The number of aromatic nitrogens is 5. The van der Waals surface area contributed by atoms with Crippen LogP contribution >= 0.6 is 0 Å². The summed E-state index contributed by atoms with van der Waals surface area (Å²) in [5.74, 6) is 1.35. The van der Waals surface area contributed by atoms with E-state index in [0.717, 1.165) is 53.4 Å². The van der Waals surface area contributed by atoms with Crippen LogP contribution in [0.25, 0.3) is 44.5 Å². The second-order valence-corrected chi connectivity index (χ2v) is 10.6. The van der Waals surface area contributed by atoms with E-state index in [-0.39, 0.29) is 23.3 Å². The molecule has 2 fully saturated rings. The third kappa shape index (κ3) is 3.97. The molecule has 3 aromatic heterocycles. The fraction of sp³-hybridized carbons (Fsp3) is 0.300. The minimum absolute atomic E-state index is 0.0869. The van der Waals surface area contributed by atoms with E-state index in [1.54, 1.807) is 28.7 Å². The third-order valence-electron chi connectivity index (χ3n) is 7.89. The van der Waals surface area contributed by atoms with Crippen molar-refractivity contribution in [3.63, 3.8) is 0 Å². The first-order valence-corrected chi connectivity index (χ1v) is 13.2. The molecule has 0 spiro atoms. The normalized spacial score (nSPS) is 17.5. The standard InChI is InChI=1S/C30H28N6O2/c1-34-28-25(16-32-34)30(38)36(18-19-12-14-35(17-19)29(37)22-8-9-22)27(33-28)21-6-4-20(5-7-21)23-10-11-26-24(15-23)3-2-13-31-26/h2-7,10-11,13,15-16,19,22H,8-9,12,14,17-18H2,1H3/t19-/m1/s1. The highest BCUT2D eigenvalue weighted by molar-refractivity contribution is 5.85. The Morgan fingerprint density at radius 1 is 1.00 bits per heavy atom. The van der Waals surface area contributed by atoms with E-state index < -0.39 is 0 Å². The lowest BCUT2D eigenvalue weighted by Crippen LogP contribution is -2.32. The molecular weight excluding hydrogens is 476 g/mol. The maximum Gasteiger partial charge on any atom is 0.264 e. The Hall–Kier alpha value is -4.33. The Labute approximate surface area is 219 Å². The molecule has 0 bridgehead atoms. The number of pyridine rings is 1. The molecule has 8 nitrogen and oxygen atoms in total. The quantitative estimate of drug-likeness (QED) is 0.357. The van der Waals surface area contributed by atoms with Crippen LogP contribution in [0.5, 0.6) is 0 Å². The molecule has 1 amide bonds. The number of amides is 1. The van der Waals surface area contributed by atoms with Crippen molar-refractivity contribution in [2.45, 2.75) is 25.8 Å². The van der Waals surface area contributed by atoms with Crippen LogP contribution in [-0.4, -0.2) is 48.2 Å². The first-order valence-electron chi connectivity index (χ1n) is 13.2. The Balaban J connectivity index is 1.24. The summed E-state index contributed by atoms with van der Waals surface area (Å²) < 4.78 is 3.43. The summed E-state index contributed by atoms with van der Waals surface area (Å²) in [7, 11) is 1.80. The molecule has 4 heterocycles. The van der Waals surface area contributed by atoms with Gasteiger partial charge in [0.05, 0.1) is 11.7 Å². The minimum atomic E-state index is -0.0869.